The van der Waals surface area contributed by atoms with Gasteiger partial charge in [0.15, 0.2) is 0 Å². The number of nitriles is 1. The monoisotopic (exact) mass is 306 g/mol. The Kier molecular flexibility index (Phi) is 3.62. The molecule has 114 valence electrons. The fraction of sp³-hybridized carbons (Fsp3) is 0.333. The Morgan fingerprint density at radius 3 is 2.59 bits per heavy atom. The van der Waals surface area contributed by atoms with Gasteiger partial charge in [-0.2, -0.15) is 18.4 Å². The molecule has 0 unspecified atom stereocenters. The van der Waals surface area contributed by atoms with Crippen LogP contribution in [0.5, 0.6) is 0 Å². The smallest absolute Gasteiger partial charge is 0.367 e. The number of pyridine rings is 1. The van der Waals surface area contributed by atoms with E-state index in [1.165, 1.54) is 12.3 Å². The molecule has 1 saturated heterocycles. The molecule has 0 spiro atoms. The van der Waals surface area contributed by atoms with Crippen LogP contribution in [0.4, 0.5) is 18.9 Å². The average molecular weight is 306 g/mol. The number of rotatable bonds is 1. The van der Waals surface area contributed by atoms with Gasteiger partial charge >= 0.3 is 6.18 Å². The molecule has 1 aliphatic heterocycles. The van der Waals surface area contributed by atoms with Crippen molar-refractivity contribution in [2.45, 2.75) is 6.18 Å². The van der Waals surface area contributed by atoms with Gasteiger partial charge in [-0.1, -0.05) is 0 Å². The molecule has 1 aliphatic rings. The Morgan fingerprint density at radius 1 is 1.23 bits per heavy atom. The van der Waals surface area contributed by atoms with Crippen LogP contribution in [0, 0.1) is 11.3 Å². The first-order valence-corrected chi connectivity index (χ1v) is 6.86. The minimum atomic E-state index is -4.42. The molecule has 1 fully saturated rings. The minimum absolute atomic E-state index is 0.300. The first-order chi connectivity index (χ1) is 10.5. The molecule has 1 aromatic carbocycles. The molecule has 1 N–H and O–H groups in total. The van der Waals surface area contributed by atoms with Crippen molar-refractivity contribution in [1.29, 1.82) is 5.26 Å². The topological polar surface area (TPSA) is 52.0 Å². The molecule has 7 heteroatoms. The number of halogens is 3. The second kappa shape index (κ2) is 5.46. The Balaban J connectivity index is 2.23. The third-order valence-electron chi connectivity index (χ3n) is 3.72. The quantitative estimate of drug-likeness (QED) is 0.879. The highest BCUT2D eigenvalue weighted by Crippen LogP contribution is 2.35. The van der Waals surface area contributed by atoms with E-state index in [2.05, 4.69) is 10.3 Å². The number of benzene rings is 1. The molecule has 0 aliphatic carbocycles. The lowest BCUT2D eigenvalue weighted by Gasteiger charge is -2.31. The largest absolute Gasteiger partial charge is 0.416 e. The van der Waals surface area contributed by atoms with Gasteiger partial charge in [-0.05, 0) is 18.2 Å². The molecule has 22 heavy (non-hydrogen) atoms. The van der Waals surface area contributed by atoms with Crippen molar-refractivity contribution in [2.75, 3.05) is 31.1 Å². The van der Waals surface area contributed by atoms with Crippen molar-refractivity contribution in [2.24, 2.45) is 0 Å². The second-order valence-corrected chi connectivity index (χ2v) is 5.10. The van der Waals surface area contributed by atoms with Gasteiger partial charge in [0, 0.05) is 37.8 Å². The zero-order valence-corrected chi connectivity index (χ0v) is 11.6. The number of hydrogen-bond donors (Lipinski definition) is 1. The zero-order chi connectivity index (χ0) is 15.7. The zero-order valence-electron chi connectivity index (χ0n) is 11.6. The van der Waals surface area contributed by atoms with Crippen LogP contribution in [-0.2, 0) is 6.18 Å². The first kappa shape index (κ1) is 14.6. The van der Waals surface area contributed by atoms with E-state index >= 15 is 0 Å². The second-order valence-electron chi connectivity index (χ2n) is 5.10. The third kappa shape index (κ3) is 2.57. The molecule has 0 atom stereocenters. The summed E-state index contributed by atoms with van der Waals surface area (Å²) >= 11 is 0. The maximum Gasteiger partial charge on any atom is 0.416 e. The summed E-state index contributed by atoms with van der Waals surface area (Å²) in [5.74, 6) is 0. The van der Waals surface area contributed by atoms with Gasteiger partial charge in [0.25, 0.3) is 0 Å². The van der Waals surface area contributed by atoms with E-state index in [-0.39, 0.29) is 0 Å². The van der Waals surface area contributed by atoms with Crippen LogP contribution in [0.15, 0.2) is 24.4 Å². The van der Waals surface area contributed by atoms with Crippen molar-refractivity contribution in [1.82, 2.24) is 10.3 Å². The highest BCUT2D eigenvalue weighted by molar-refractivity contribution is 5.95. The van der Waals surface area contributed by atoms with Gasteiger partial charge in [-0.25, -0.2) is 0 Å². The summed E-state index contributed by atoms with van der Waals surface area (Å²) in [6.45, 7) is 2.75. The molecule has 2 aromatic rings. The Labute approximate surface area is 125 Å². The van der Waals surface area contributed by atoms with Crippen molar-refractivity contribution >= 4 is 16.6 Å². The normalized spacial score (nSPS) is 15.8. The summed E-state index contributed by atoms with van der Waals surface area (Å²) in [7, 11) is 0. The Morgan fingerprint density at radius 2 is 1.95 bits per heavy atom. The average Bonchev–Trinajstić information content (AvgIpc) is 2.53. The number of nitrogens with one attached hydrogen (secondary N) is 1. The molecule has 0 saturated carbocycles. The maximum absolute atomic E-state index is 13.0. The molecule has 3 rings (SSSR count). The van der Waals surface area contributed by atoms with Crippen LogP contribution < -0.4 is 10.2 Å². The molecular formula is C15H13F3N4. The minimum Gasteiger partial charge on any atom is -0.367 e. The number of fused-ring (bicyclic) bond motifs is 1. The lowest BCUT2D eigenvalue weighted by molar-refractivity contribution is -0.137. The highest BCUT2D eigenvalue weighted by Gasteiger charge is 2.31. The van der Waals surface area contributed by atoms with E-state index in [0.717, 1.165) is 25.2 Å². The van der Waals surface area contributed by atoms with Gasteiger partial charge in [0.05, 0.1) is 22.3 Å². The Bertz CT molecular complexity index is 743. The van der Waals surface area contributed by atoms with Crippen LogP contribution in [0.2, 0.25) is 0 Å². The predicted octanol–water partition coefficient (Wildman–Crippen LogP) is 2.53. The van der Waals surface area contributed by atoms with Crippen molar-refractivity contribution in [3.05, 3.63) is 35.5 Å². The van der Waals surface area contributed by atoms with Crippen molar-refractivity contribution in [3.8, 4) is 6.07 Å². The summed E-state index contributed by atoms with van der Waals surface area (Å²) in [6, 6.07) is 5.49. The third-order valence-corrected chi connectivity index (χ3v) is 3.72. The standard InChI is InChI=1S/C15H13F3N4/c16-15(17,18)11-1-2-13-12(7-11)14(10(8-19)9-21-13)22-5-3-20-4-6-22/h1-2,7,9,20H,3-6H2. The summed E-state index contributed by atoms with van der Waals surface area (Å²) in [4.78, 5) is 6.04. The summed E-state index contributed by atoms with van der Waals surface area (Å²) < 4.78 is 38.9. The van der Waals surface area contributed by atoms with Crippen LogP contribution in [-0.4, -0.2) is 31.2 Å². The summed E-state index contributed by atoms with van der Waals surface area (Å²) in [6.07, 6.45) is -3.00. The van der Waals surface area contributed by atoms with Crippen LogP contribution in [0.1, 0.15) is 11.1 Å². The molecule has 0 amide bonds. The lowest BCUT2D eigenvalue weighted by Crippen LogP contribution is -2.44. The molecule has 1 aromatic heterocycles. The van der Waals surface area contributed by atoms with Crippen LogP contribution >= 0.6 is 0 Å². The SMILES string of the molecule is N#Cc1cnc2ccc(C(F)(F)F)cc2c1N1CCNCC1. The predicted molar refractivity (Wildman–Crippen MR) is 76.5 cm³/mol. The molecule has 4 nitrogen and oxygen atoms in total. The van der Waals surface area contributed by atoms with E-state index in [1.807, 2.05) is 11.0 Å². The molecular weight excluding hydrogens is 293 g/mol. The molecule has 0 bridgehead atoms. The van der Waals surface area contributed by atoms with E-state index in [1.54, 1.807) is 0 Å². The fourth-order valence-electron chi connectivity index (χ4n) is 2.67. The van der Waals surface area contributed by atoms with Gasteiger partial charge in [0.1, 0.15) is 6.07 Å². The molecule has 2 heterocycles. The van der Waals surface area contributed by atoms with E-state index in [9.17, 15) is 18.4 Å². The molecule has 0 radical (unpaired) electrons. The van der Waals surface area contributed by atoms with E-state index < -0.39 is 11.7 Å². The van der Waals surface area contributed by atoms with Gasteiger partial charge in [0.2, 0.25) is 0 Å². The van der Waals surface area contributed by atoms with Gasteiger partial charge in [-0.15, -0.1) is 0 Å². The highest BCUT2D eigenvalue weighted by atomic mass is 19.4. The van der Waals surface area contributed by atoms with Gasteiger partial charge in [-0.3, -0.25) is 4.98 Å². The number of hydrogen-bond acceptors (Lipinski definition) is 4. The fourth-order valence-corrected chi connectivity index (χ4v) is 2.67. The van der Waals surface area contributed by atoms with E-state index in [0.29, 0.717) is 35.2 Å². The van der Waals surface area contributed by atoms with Crippen LogP contribution in [0.25, 0.3) is 10.9 Å². The number of anilines is 1. The van der Waals surface area contributed by atoms with Crippen molar-refractivity contribution < 1.29 is 13.2 Å². The lowest BCUT2D eigenvalue weighted by atomic mass is 10.0. The Hall–Kier alpha value is -2.33. The number of aromatic nitrogens is 1. The van der Waals surface area contributed by atoms with E-state index in [4.69, 9.17) is 0 Å². The number of nitrogens with zero attached hydrogens (tertiary/aromatic N) is 3. The van der Waals surface area contributed by atoms with Crippen LogP contribution in [0.3, 0.4) is 0 Å². The number of piperazine rings is 1. The van der Waals surface area contributed by atoms with Crippen molar-refractivity contribution in [3.63, 3.8) is 0 Å². The maximum atomic E-state index is 13.0. The number of alkyl halides is 3. The first-order valence-electron chi connectivity index (χ1n) is 6.86. The summed E-state index contributed by atoms with van der Waals surface area (Å²) in [5, 5.41) is 12.8. The summed E-state index contributed by atoms with van der Waals surface area (Å²) in [5.41, 5.74) is 0.572. The van der Waals surface area contributed by atoms with Gasteiger partial charge < -0.3 is 10.2 Å².